The van der Waals surface area contributed by atoms with Crippen LogP contribution in [0.2, 0.25) is 0 Å². The van der Waals surface area contributed by atoms with Crippen LogP contribution in [0.1, 0.15) is 26.3 Å². The monoisotopic (exact) mass is 421 g/mol. The number of H-pyrrole nitrogens is 1. The standard InChI is InChI=1S/C20H27N3O5S/c1-20(2,3)28-19(26)23-15(17(24)22-16(11-29)18(25)27-4)9-12-10-21-14-8-6-5-7-13(12)14/h5-8,10,15-16,21,29H,9,11H2,1-4H3,(H,22,24)(H,23,26)/t15-,16-/m0/s1. The highest BCUT2D eigenvalue weighted by atomic mass is 32.1. The number of ether oxygens (including phenoxy) is 2. The van der Waals surface area contributed by atoms with Crippen molar-refractivity contribution in [3.63, 3.8) is 0 Å². The van der Waals surface area contributed by atoms with Gasteiger partial charge in [-0.1, -0.05) is 18.2 Å². The largest absolute Gasteiger partial charge is 0.467 e. The highest BCUT2D eigenvalue weighted by Crippen LogP contribution is 2.19. The Morgan fingerprint density at radius 3 is 2.45 bits per heavy atom. The van der Waals surface area contributed by atoms with Crippen LogP contribution in [0.5, 0.6) is 0 Å². The molecule has 0 aliphatic rings. The van der Waals surface area contributed by atoms with Crippen LogP contribution in [-0.4, -0.2) is 53.5 Å². The summed E-state index contributed by atoms with van der Waals surface area (Å²) in [5.41, 5.74) is 1.05. The van der Waals surface area contributed by atoms with Gasteiger partial charge < -0.3 is 25.1 Å². The number of carbonyl (C=O) groups is 3. The van der Waals surface area contributed by atoms with Gasteiger partial charge in [0.2, 0.25) is 5.91 Å². The van der Waals surface area contributed by atoms with Crippen LogP contribution in [0.4, 0.5) is 4.79 Å². The molecule has 9 heteroatoms. The molecule has 2 rings (SSSR count). The zero-order chi connectivity index (χ0) is 21.6. The predicted octanol–water partition coefficient (Wildman–Crippen LogP) is 2.19. The van der Waals surface area contributed by atoms with E-state index in [0.29, 0.717) is 0 Å². The summed E-state index contributed by atoms with van der Waals surface area (Å²) in [5.74, 6) is -1.09. The van der Waals surface area contributed by atoms with Gasteiger partial charge in [0, 0.05) is 29.3 Å². The molecule has 0 saturated heterocycles. The summed E-state index contributed by atoms with van der Waals surface area (Å²) < 4.78 is 9.96. The Balaban J connectivity index is 2.23. The van der Waals surface area contributed by atoms with Crippen LogP contribution in [0.25, 0.3) is 10.9 Å². The van der Waals surface area contributed by atoms with Gasteiger partial charge in [-0.2, -0.15) is 12.6 Å². The van der Waals surface area contributed by atoms with E-state index in [4.69, 9.17) is 4.74 Å². The number of rotatable bonds is 7. The third-order valence-electron chi connectivity index (χ3n) is 4.09. The maximum absolute atomic E-state index is 12.9. The van der Waals surface area contributed by atoms with E-state index in [2.05, 4.69) is 33.0 Å². The van der Waals surface area contributed by atoms with E-state index >= 15 is 0 Å². The van der Waals surface area contributed by atoms with Crippen molar-refractivity contribution in [1.29, 1.82) is 0 Å². The molecule has 2 amide bonds. The fourth-order valence-electron chi connectivity index (χ4n) is 2.77. The van der Waals surface area contributed by atoms with Crippen molar-refractivity contribution in [2.75, 3.05) is 12.9 Å². The first kappa shape index (κ1) is 22.6. The number of para-hydroxylation sites is 1. The molecule has 158 valence electrons. The second-order valence-corrected chi connectivity index (χ2v) is 7.89. The number of carbonyl (C=O) groups excluding carboxylic acids is 3. The Morgan fingerprint density at radius 2 is 1.83 bits per heavy atom. The molecule has 0 bridgehead atoms. The molecule has 0 fully saturated rings. The number of benzene rings is 1. The van der Waals surface area contributed by atoms with Crippen LogP contribution in [0.15, 0.2) is 30.5 Å². The van der Waals surface area contributed by atoms with Crippen LogP contribution in [0, 0.1) is 0 Å². The van der Waals surface area contributed by atoms with Gasteiger partial charge in [-0.05, 0) is 32.4 Å². The van der Waals surface area contributed by atoms with Gasteiger partial charge in [-0.25, -0.2) is 9.59 Å². The summed E-state index contributed by atoms with van der Waals surface area (Å²) in [6, 6.07) is 5.75. The minimum atomic E-state index is -0.962. The molecular formula is C20H27N3O5S. The molecule has 0 radical (unpaired) electrons. The first-order valence-electron chi connectivity index (χ1n) is 9.18. The van der Waals surface area contributed by atoms with E-state index in [9.17, 15) is 14.4 Å². The third kappa shape index (κ3) is 6.42. The van der Waals surface area contributed by atoms with Gasteiger partial charge in [0.05, 0.1) is 7.11 Å². The molecule has 0 saturated carbocycles. The maximum atomic E-state index is 12.9. The van der Waals surface area contributed by atoms with E-state index in [1.54, 1.807) is 27.0 Å². The number of hydrogen-bond donors (Lipinski definition) is 4. The number of methoxy groups -OCH3 is 1. The van der Waals surface area contributed by atoms with E-state index in [-0.39, 0.29) is 12.2 Å². The van der Waals surface area contributed by atoms with Crippen molar-refractivity contribution in [1.82, 2.24) is 15.6 Å². The normalized spacial score (nSPS) is 13.4. The molecule has 2 atom stereocenters. The minimum absolute atomic E-state index is 0.0602. The molecule has 3 N–H and O–H groups in total. The summed E-state index contributed by atoms with van der Waals surface area (Å²) >= 11 is 4.08. The summed E-state index contributed by atoms with van der Waals surface area (Å²) in [6.45, 7) is 5.19. The predicted molar refractivity (Wildman–Crippen MR) is 113 cm³/mol. The van der Waals surface area contributed by atoms with Crippen molar-refractivity contribution < 1.29 is 23.9 Å². The van der Waals surface area contributed by atoms with Crippen LogP contribution in [0.3, 0.4) is 0 Å². The number of esters is 1. The average molecular weight is 422 g/mol. The number of aromatic nitrogens is 1. The van der Waals surface area contributed by atoms with Gasteiger partial charge in [-0.3, -0.25) is 4.79 Å². The molecule has 1 aromatic heterocycles. The summed E-state index contributed by atoms with van der Waals surface area (Å²) in [4.78, 5) is 40.1. The number of alkyl carbamates (subject to hydrolysis) is 1. The van der Waals surface area contributed by atoms with Crippen molar-refractivity contribution in [2.24, 2.45) is 0 Å². The van der Waals surface area contributed by atoms with Crippen molar-refractivity contribution in [3.05, 3.63) is 36.0 Å². The first-order valence-corrected chi connectivity index (χ1v) is 9.81. The molecule has 1 aromatic carbocycles. The fourth-order valence-corrected chi connectivity index (χ4v) is 3.01. The van der Waals surface area contributed by atoms with Crippen molar-refractivity contribution in [2.45, 2.75) is 44.9 Å². The highest BCUT2D eigenvalue weighted by molar-refractivity contribution is 7.80. The third-order valence-corrected chi connectivity index (χ3v) is 4.46. The number of amides is 2. The van der Waals surface area contributed by atoms with Gasteiger partial charge in [0.25, 0.3) is 0 Å². The Hall–Kier alpha value is -2.68. The number of hydrogen-bond acceptors (Lipinski definition) is 6. The molecular weight excluding hydrogens is 394 g/mol. The van der Waals surface area contributed by atoms with E-state index < -0.39 is 35.7 Å². The smallest absolute Gasteiger partial charge is 0.408 e. The molecule has 1 heterocycles. The van der Waals surface area contributed by atoms with Gasteiger partial charge in [0.1, 0.15) is 17.7 Å². The van der Waals surface area contributed by atoms with Crippen LogP contribution >= 0.6 is 12.6 Å². The Morgan fingerprint density at radius 1 is 1.14 bits per heavy atom. The SMILES string of the molecule is COC(=O)[C@H](CS)NC(=O)[C@H](Cc1c[nH]c2ccccc12)NC(=O)OC(C)(C)C. The topological polar surface area (TPSA) is 110 Å². The maximum Gasteiger partial charge on any atom is 0.408 e. The molecule has 2 aromatic rings. The quantitative estimate of drug-likeness (QED) is 0.405. The zero-order valence-electron chi connectivity index (χ0n) is 16.9. The van der Waals surface area contributed by atoms with E-state index in [1.807, 2.05) is 24.3 Å². The van der Waals surface area contributed by atoms with Crippen molar-refractivity contribution >= 4 is 41.5 Å². The van der Waals surface area contributed by atoms with E-state index in [0.717, 1.165) is 16.5 Å². The summed E-state index contributed by atoms with van der Waals surface area (Å²) in [5, 5.41) is 6.11. The van der Waals surface area contributed by atoms with Gasteiger partial charge in [0.15, 0.2) is 0 Å². The second kappa shape index (κ2) is 9.69. The Kier molecular flexibility index (Phi) is 7.55. The highest BCUT2D eigenvalue weighted by Gasteiger charge is 2.29. The number of aromatic amines is 1. The number of nitrogens with one attached hydrogen (secondary N) is 3. The lowest BCUT2D eigenvalue weighted by molar-refractivity contribution is -0.144. The van der Waals surface area contributed by atoms with Crippen LogP contribution < -0.4 is 10.6 Å². The second-order valence-electron chi connectivity index (χ2n) is 7.53. The van der Waals surface area contributed by atoms with Gasteiger partial charge >= 0.3 is 12.1 Å². The average Bonchev–Trinajstić information content (AvgIpc) is 3.06. The Bertz CT molecular complexity index is 874. The van der Waals surface area contributed by atoms with Crippen LogP contribution in [-0.2, 0) is 25.5 Å². The first-order chi connectivity index (χ1) is 13.6. The molecule has 0 aliphatic carbocycles. The zero-order valence-corrected chi connectivity index (χ0v) is 17.8. The molecule has 0 aliphatic heterocycles. The summed E-state index contributed by atoms with van der Waals surface area (Å²) in [6.07, 6.45) is 1.27. The summed E-state index contributed by atoms with van der Waals surface area (Å²) in [7, 11) is 1.23. The number of fused-ring (bicyclic) bond motifs is 1. The van der Waals surface area contributed by atoms with Crippen molar-refractivity contribution in [3.8, 4) is 0 Å². The minimum Gasteiger partial charge on any atom is -0.467 e. The fraction of sp³-hybridized carbons (Fsp3) is 0.450. The molecule has 8 nitrogen and oxygen atoms in total. The number of thiol groups is 1. The van der Waals surface area contributed by atoms with Gasteiger partial charge in [-0.15, -0.1) is 0 Å². The molecule has 29 heavy (non-hydrogen) atoms. The lowest BCUT2D eigenvalue weighted by atomic mass is 10.0. The molecule has 0 spiro atoms. The Labute approximate surface area is 175 Å². The van der Waals surface area contributed by atoms with E-state index in [1.165, 1.54) is 7.11 Å². The lowest BCUT2D eigenvalue weighted by Crippen LogP contribution is -2.53. The lowest BCUT2D eigenvalue weighted by Gasteiger charge is -2.24. The molecule has 0 unspecified atom stereocenters.